The Balaban J connectivity index is 1.85. The molecular weight excluding hydrogens is 322 g/mol. The molecule has 24 heavy (non-hydrogen) atoms. The van der Waals surface area contributed by atoms with Gasteiger partial charge in [-0.2, -0.15) is 0 Å². The van der Waals surface area contributed by atoms with Gasteiger partial charge in [0.05, 0.1) is 4.90 Å². The first-order valence-electron chi connectivity index (χ1n) is 9.03. The fourth-order valence-electron chi connectivity index (χ4n) is 3.00. The van der Waals surface area contributed by atoms with Crippen LogP contribution in [0.4, 0.5) is 0 Å². The van der Waals surface area contributed by atoms with Crippen LogP contribution in [0.15, 0.2) is 34.2 Å². The third-order valence-electron chi connectivity index (χ3n) is 4.52. The van der Waals surface area contributed by atoms with E-state index in [0.717, 1.165) is 24.8 Å². The van der Waals surface area contributed by atoms with Gasteiger partial charge in [0, 0.05) is 0 Å². The minimum absolute atomic E-state index is 0.324. The van der Waals surface area contributed by atoms with Crippen molar-refractivity contribution in [1.29, 1.82) is 0 Å². The summed E-state index contributed by atoms with van der Waals surface area (Å²) in [5, 5.41) is -0.805. The molecule has 0 spiro atoms. The van der Waals surface area contributed by atoms with Gasteiger partial charge in [0.15, 0.2) is 11.8 Å². The average molecular weight is 352 g/mol. The second-order valence-corrected chi connectivity index (χ2v) is 8.63. The quantitative estimate of drug-likeness (QED) is 0.576. The molecule has 4 nitrogen and oxygen atoms in total. The summed E-state index contributed by atoms with van der Waals surface area (Å²) in [7, 11) is -3.48. The summed E-state index contributed by atoms with van der Waals surface area (Å²) in [5.41, 5.74) is 1.04. The molecule has 1 heterocycles. The van der Waals surface area contributed by atoms with Crippen LogP contribution in [-0.2, 0) is 14.6 Å². The van der Waals surface area contributed by atoms with Crippen molar-refractivity contribution in [2.24, 2.45) is 4.99 Å². The number of rotatable bonds is 10. The Morgan fingerprint density at radius 3 is 2.29 bits per heavy atom. The smallest absolute Gasteiger partial charge is 0.205 e. The van der Waals surface area contributed by atoms with Gasteiger partial charge >= 0.3 is 0 Å². The van der Waals surface area contributed by atoms with Crippen LogP contribution in [0.5, 0.6) is 0 Å². The topological polar surface area (TPSA) is 55.7 Å². The maximum atomic E-state index is 12.8. The van der Waals surface area contributed by atoms with Gasteiger partial charge in [0.2, 0.25) is 9.84 Å². The van der Waals surface area contributed by atoms with E-state index in [0.29, 0.717) is 4.90 Å². The molecule has 0 radical (unpaired) electrons. The summed E-state index contributed by atoms with van der Waals surface area (Å²) in [4.78, 5) is 4.42. The van der Waals surface area contributed by atoms with E-state index < -0.39 is 15.2 Å². The van der Waals surface area contributed by atoms with E-state index in [4.69, 9.17) is 4.74 Å². The SMILES string of the molecule is CCCCCCCCC[C@@H]1OC=N[C@H]1S(=O)(=O)c1ccc(C)cc1. The number of aliphatic imine (C=N–C) groups is 1. The molecule has 1 aliphatic heterocycles. The molecule has 1 aromatic rings. The zero-order chi connectivity index (χ0) is 17.4. The van der Waals surface area contributed by atoms with Crippen LogP contribution < -0.4 is 0 Å². The fraction of sp³-hybridized carbons (Fsp3) is 0.632. The minimum atomic E-state index is -3.48. The Morgan fingerprint density at radius 2 is 1.62 bits per heavy atom. The summed E-state index contributed by atoms with van der Waals surface area (Å²) in [6.45, 7) is 4.16. The van der Waals surface area contributed by atoms with E-state index in [-0.39, 0.29) is 6.10 Å². The molecule has 0 fully saturated rings. The lowest BCUT2D eigenvalue weighted by molar-refractivity contribution is 0.205. The molecule has 2 atom stereocenters. The molecular formula is C19H29NO3S. The number of hydrogen-bond donors (Lipinski definition) is 0. The number of hydrogen-bond acceptors (Lipinski definition) is 4. The average Bonchev–Trinajstić information content (AvgIpc) is 3.04. The van der Waals surface area contributed by atoms with Crippen molar-refractivity contribution < 1.29 is 13.2 Å². The van der Waals surface area contributed by atoms with E-state index in [1.54, 1.807) is 12.1 Å². The number of aryl methyl sites for hydroxylation is 1. The Kier molecular flexibility index (Phi) is 7.28. The van der Waals surface area contributed by atoms with Gasteiger partial charge < -0.3 is 4.74 Å². The molecule has 0 unspecified atom stereocenters. The zero-order valence-electron chi connectivity index (χ0n) is 14.8. The van der Waals surface area contributed by atoms with Crippen LogP contribution in [0, 0.1) is 6.92 Å². The number of benzene rings is 1. The molecule has 1 aromatic carbocycles. The van der Waals surface area contributed by atoms with Crippen molar-refractivity contribution >= 4 is 16.2 Å². The van der Waals surface area contributed by atoms with Crippen molar-refractivity contribution in [2.45, 2.75) is 81.6 Å². The van der Waals surface area contributed by atoms with E-state index in [1.165, 1.54) is 38.5 Å². The van der Waals surface area contributed by atoms with Crippen LogP contribution in [0.25, 0.3) is 0 Å². The van der Waals surface area contributed by atoms with E-state index in [1.807, 2.05) is 19.1 Å². The summed E-state index contributed by atoms with van der Waals surface area (Å²) in [6.07, 6.45) is 10.1. The number of nitrogens with zero attached hydrogens (tertiary/aromatic N) is 1. The van der Waals surface area contributed by atoms with Crippen LogP contribution in [0.1, 0.15) is 63.9 Å². The number of sulfone groups is 1. The highest BCUT2D eigenvalue weighted by atomic mass is 32.2. The zero-order valence-corrected chi connectivity index (χ0v) is 15.6. The second kappa shape index (κ2) is 9.21. The van der Waals surface area contributed by atoms with Gasteiger partial charge in [0.1, 0.15) is 6.10 Å². The number of unbranched alkanes of at least 4 members (excludes halogenated alkanes) is 6. The summed E-state index contributed by atoms with van der Waals surface area (Å²) >= 11 is 0. The van der Waals surface area contributed by atoms with Crippen molar-refractivity contribution in [2.75, 3.05) is 0 Å². The van der Waals surface area contributed by atoms with E-state index in [2.05, 4.69) is 11.9 Å². The first-order valence-corrected chi connectivity index (χ1v) is 10.6. The highest BCUT2D eigenvalue weighted by Crippen LogP contribution is 2.27. The third-order valence-corrected chi connectivity index (χ3v) is 6.51. The molecule has 134 valence electrons. The first-order chi connectivity index (χ1) is 11.6. The molecule has 0 bridgehead atoms. The molecule has 0 amide bonds. The predicted molar refractivity (Wildman–Crippen MR) is 98.1 cm³/mol. The Morgan fingerprint density at radius 1 is 1.00 bits per heavy atom. The molecule has 1 aliphatic rings. The number of ether oxygens (including phenoxy) is 1. The fourth-order valence-corrected chi connectivity index (χ4v) is 4.60. The Labute approximate surface area is 146 Å². The third kappa shape index (κ3) is 5.07. The predicted octanol–water partition coefficient (Wildman–Crippen LogP) is 4.66. The maximum Gasteiger partial charge on any atom is 0.205 e. The van der Waals surface area contributed by atoms with Crippen molar-refractivity contribution in [3.05, 3.63) is 29.8 Å². The molecule has 0 aliphatic carbocycles. The Hall–Kier alpha value is -1.36. The lowest BCUT2D eigenvalue weighted by Crippen LogP contribution is -2.30. The molecule has 0 saturated carbocycles. The van der Waals surface area contributed by atoms with Crippen LogP contribution in [0.2, 0.25) is 0 Å². The highest BCUT2D eigenvalue weighted by Gasteiger charge is 2.38. The standard InChI is InChI=1S/C19H29NO3S/c1-3-4-5-6-7-8-9-10-18-19(20-15-23-18)24(21,22)17-13-11-16(2)12-14-17/h11-15,18-19H,3-10H2,1-2H3/t18-,19-/m0/s1. The second-order valence-electron chi connectivity index (χ2n) is 6.59. The van der Waals surface area contributed by atoms with Gasteiger partial charge in [-0.05, 0) is 31.9 Å². The first kappa shape index (κ1) is 19.0. The van der Waals surface area contributed by atoms with Gasteiger partial charge in [-0.1, -0.05) is 63.1 Å². The van der Waals surface area contributed by atoms with Crippen LogP contribution in [0.3, 0.4) is 0 Å². The van der Waals surface area contributed by atoms with E-state index >= 15 is 0 Å². The van der Waals surface area contributed by atoms with Gasteiger partial charge in [0.25, 0.3) is 0 Å². The van der Waals surface area contributed by atoms with E-state index in [9.17, 15) is 8.42 Å². The molecule has 5 heteroatoms. The van der Waals surface area contributed by atoms with Gasteiger partial charge in [-0.25, -0.2) is 13.4 Å². The van der Waals surface area contributed by atoms with Gasteiger partial charge in [-0.3, -0.25) is 0 Å². The maximum absolute atomic E-state index is 12.8. The highest BCUT2D eigenvalue weighted by molar-refractivity contribution is 7.92. The summed E-state index contributed by atoms with van der Waals surface area (Å²) in [5.74, 6) is 0. The van der Waals surface area contributed by atoms with Crippen LogP contribution >= 0.6 is 0 Å². The Bertz CT molecular complexity index is 623. The van der Waals surface area contributed by atoms with Crippen molar-refractivity contribution in [1.82, 2.24) is 0 Å². The van der Waals surface area contributed by atoms with Gasteiger partial charge in [-0.15, -0.1) is 0 Å². The summed E-state index contributed by atoms with van der Waals surface area (Å²) < 4.78 is 31.0. The molecule has 0 N–H and O–H groups in total. The largest absolute Gasteiger partial charge is 0.477 e. The van der Waals surface area contributed by atoms with Crippen LogP contribution in [-0.4, -0.2) is 26.3 Å². The molecule has 0 aromatic heterocycles. The van der Waals surface area contributed by atoms with Crippen molar-refractivity contribution in [3.8, 4) is 0 Å². The normalized spacial score (nSPS) is 20.2. The molecule has 2 rings (SSSR count). The lowest BCUT2D eigenvalue weighted by atomic mass is 10.1. The minimum Gasteiger partial charge on any atom is -0.477 e. The lowest BCUT2D eigenvalue weighted by Gasteiger charge is -2.17. The van der Waals surface area contributed by atoms with Crippen molar-refractivity contribution in [3.63, 3.8) is 0 Å². The monoisotopic (exact) mass is 351 g/mol. The summed E-state index contributed by atoms with van der Waals surface area (Å²) in [6, 6.07) is 6.95. The molecule has 0 saturated heterocycles.